The summed E-state index contributed by atoms with van der Waals surface area (Å²) in [5, 5.41) is 6.41. The van der Waals surface area contributed by atoms with Gasteiger partial charge in [-0.3, -0.25) is 9.80 Å². The summed E-state index contributed by atoms with van der Waals surface area (Å²) in [6.07, 6.45) is -3.56. The number of halogens is 4. The third-order valence-electron chi connectivity index (χ3n) is 4.83. The van der Waals surface area contributed by atoms with E-state index in [-0.39, 0.29) is 24.0 Å². The number of hydrogen-bond acceptors (Lipinski definition) is 4. The highest BCUT2D eigenvalue weighted by Gasteiger charge is 2.28. The summed E-state index contributed by atoms with van der Waals surface area (Å²) in [5.74, 6) is 0.678. The van der Waals surface area contributed by atoms with Gasteiger partial charge in [-0.05, 0) is 38.1 Å². The number of benzene rings is 1. The molecule has 1 aliphatic rings. The Balaban J connectivity index is 0.00000480. The van der Waals surface area contributed by atoms with E-state index in [2.05, 4.69) is 32.7 Å². The van der Waals surface area contributed by atoms with E-state index in [9.17, 15) is 13.2 Å². The van der Waals surface area contributed by atoms with E-state index in [0.29, 0.717) is 32.0 Å². The van der Waals surface area contributed by atoms with Gasteiger partial charge in [-0.1, -0.05) is 24.3 Å². The molecule has 0 saturated carbocycles. The van der Waals surface area contributed by atoms with Gasteiger partial charge in [0, 0.05) is 32.7 Å². The van der Waals surface area contributed by atoms with Crippen LogP contribution in [-0.2, 0) is 17.8 Å². The van der Waals surface area contributed by atoms with Crippen LogP contribution in [0.2, 0.25) is 0 Å². The molecule has 0 spiro atoms. The van der Waals surface area contributed by atoms with Crippen molar-refractivity contribution in [3.63, 3.8) is 0 Å². The molecule has 10 heteroatoms. The maximum Gasteiger partial charge on any atom is 0.401 e. The van der Waals surface area contributed by atoms with Crippen molar-refractivity contribution < 1.29 is 17.9 Å². The zero-order valence-electron chi connectivity index (χ0n) is 18.4. The normalized spacial score (nSPS) is 15.6. The highest BCUT2D eigenvalue weighted by molar-refractivity contribution is 14.0. The van der Waals surface area contributed by atoms with Crippen LogP contribution in [0.15, 0.2) is 29.3 Å². The Morgan fingerprint density at radius 1 is 1.16 bits per heavy atom. The van der Waals surface area contributed by atoms with Crippen molar-refractivity contribution in [2.24, 2.45) is 4.99 Å². The first-order valence-electron chi connectivity index (χ1n) is 10.5. The lowest BCUT2D eigenvalue weighted by Crippen LogP contribution is -2.39. The van der Waals surface area contributed by atoms with Crippen LogP contribution in [-0.4, -0.2) is 81.5 Å². The summed E-state index contributed by atoms with van der Waals surface area (Å²) in [6, 6.07) is 8.29. The minimum absolute atomic E-state index is 0. The Bertz CT molecular complexity index is 654. The van der Waals surface area contributed by atoms with Crippen LogP contribution >= 0.6 is 24.0 Å². The molecule has 1 aromatic rings. The summed E-state index contributed by atoms with van der Waals surface area (Å²) < 4.78 is 42.6. The predicted molar refractivity (Wildman–Crippen MR) is 129 cm³/mol. The summed E-state index contributed by atoms with van der Waals surface area (Å²) >= 11 is 0. The molecule has 1 aliphatic heterocycles. The molecule has 2 rings (SSSR count). The molecule has 1 aromatic carbocycles. The zero-order chi connectivity index (χ0) is 21.8. The number of rotatable bonds is 10. The van der Waals surface area contributed by atoms with Crippen molar-refractivity contribution >= 4 is 29.9 Å². The molecule has 0 bridgehead atoms. The van der Waals surface area contributed by atoms with Crippen molar-refractivity contribution in [1.29, 1.82) is 0 Å². The molecule has 2 N–H and O–H groups in total. The van der Waals surface area contributed by atoms with Crippen molar-refractivity contribution in [1.82, 2.24) is 20.4 Å². The molecular weight excluding hydrogens is 522 g/mol. The second kappa shape index (κ2) is 14.9. The Labute approximate surface area is 200 Å². The molecule has 0 aliphatic carbocycles. The molecule has 0 aromatic heterocycles. The van der Waals surface area contributed by atoms with Crippen LogP contribution in [0.3, 0.4) is 0 Å². The number of guanidine groups is 1. The number of nitrogens with zero attached hydrogens (tertiary/aromatic N) is 3. The van der Waals surface area contributed by atoms with Crippen LogP contribution in [0, 0.1) is 0 Å². The van der Waals surface area contributed by atoms with Crippen molar-refractivity contribution in [2.45, 2.75) is 32.6 Å². The standard InChI is InChI=1S/C21H34F3N5O.HI/c1-3-25-20(26-9-6-10-28(2)17-21(22,23)24)27-15-18-7-4-5-8-19(18)16-29-11-13-30-14-12-29;/h4-5,7-8H,3,6,9-17H2,1-2H3,(H2,25,26,27);1H. The fourth-order valence-electron chi connectivity index (χ4n) is 3.31. The van der Waals surface area contributed by atoms with Gasteiger partial charge < -0.3 is 15.4 Å². The third-order valence-corrected chi connectivity index (χ3v) is 4.83. The van der Waals surface area contributed by atoms with Gasteiger partial charge in [-0.2, -0.15) is 13.2 Å². The summed E-state index contributed by atoms with van der Waals surface area (Å²) in [7, 11) is 1.48. The van der Waals surface area contributed by atoms with Crippen molar-refractivity contribution in [2.75, 3.05) is 59.5 Å². The van der Waals surface area contributed by atoms with E-state index in [4.69, 9.17) is 4.74 Å². The average Bonchev–Trinajstić information content (AvgIpc) is 2.69. The lowest BCUT2D eigenvalue weighted by Gasteiger charge is -2.27. The van der Waals surface area contributed by atoms with Crippen LogP contribution in [0.4, 0.5) is 13.2 Å². The van der Waals surface area contributed by atoms with Crippen LogP contribution < -0.4 is 10.6 Å². The van der Waals surface area contributed by atoms with Gasteiger partial charge in [-0.25, -0.2) is 4.99 Å². The summed E-state index contributed by atoms with van der Waals surface area (Å²) in [4.78, 5) is 8.34. The van der Waals surface area contributed by atoms with Crippen LogP contribution in [0.25, 0.3) is 0 Å². The van der Waals surface area contributed by atoms with E-state index in [1.54, 1.807) is 0 Å². The molecule has 0 atom stereocenters. The molecule has 1 fully saturated rings. The van der Waals surface area contributed by atoms with Crippen LogP contribution in [0.1, 0.15) is 24.5 Å². The summed E-state index contributed by atoms with van der Waals surface area (Å²) in [6.45, 7) is 7.58. The average molecular weight is 557 g/mol. The van der Waals surface area contributed by atoms with Gasteiger partial charge in [0.05, 0.1) is 26.3 Å². The number of nitrogens with one attached hydrogen (secondary N) is 2. The monoisotopic (exact) mass is 557 g/mol. The molecule has 178 valence electrons. The minimum Gasteiger partial charge on any atom is -0.379 e. The number of hydrogen-bond donors (Lipinski definition) is 2. The molecule has 6 nitrogen and oxygen atoms in total. The smallest absolute Gasteiger partial charge is 0.379 e. The van der Waals surface area contributed by atoms with Crippen molar-refractivity contribution in [3.8, 4) is 0 Å². The largest absolute Gasteiger partial charge is 0.401 e. The molecular formula is C21H35F3IN5O. The minimum atomic E-state index is -4.16. The number of morpholine rings is 1. The van der Waals surface area contributed by atoms with Crippen molar-refractivity contribution in [3.05, 3.63) is 35.4 Å². The lowest BCUT2D eigenvalue weighted by atomic mass is 10.1. The molecule has 0 radical (unpaired) electrons. The quantitative estimate of drug-likeness (QED) is 0.201. The first kappa shape index (κ1) is 27.9. The molecule has 0 amide bonds. The Hall–Kier alpha value is -1.11. The first-order valence-corrected chi connectivity index (χ1v) is 10.5. The maximum atomic E-state index is 12.4. The summed E-state index contributed by atoms with van der Waals surface area (Å²) in [5.41, 5.74) is 2.43. The van der Waals surface area contributed by atoms with E-state index >= 15 is 0 Å². The molecule has 0 unspecified atom stereocenters. The number of ether oxygens (including phenoxy) is 1. The van der Waals surface area contributed by atoms with E-state index in [1.807, 2.05) is 19.1 Å². The van der Waals surface area contributed by atoms with Gasteiger partial charge >= 0.3 is 6.18 Å². The second-order valence-electron chi connectivity index (χ2n) is 7.49. The van der Waals surface area contributed by atoms with Gasteiger partial charge in [0.15, 0.2) is 5.96 Å². The Morgan fingerprint density at radius 2 is 1.84 bits per heavy atom. The highest BCUT2D eigenvalue weighted by Crippen LogP contribution is 2.15. The molecule has 31 heavy (non-hydrogen) atoms. The molecule has 1 heterocycles. The Morgan fingerprint density at radius 3 is 2.48 bits per heavy atom. The van der Waals surface area contributed by atoms with Gasteiger partial charge in [0.1, 0.15) is 0 Å². The fraction of sp³-hybridized carbons (Fsp3) is 0.667. The number of aliphatic imine (C=N–C) groups is 1. The third kappa shape index (κ3) is 11.9. The number of alkyl halides is 3. The van der Waals surface area contributed by atoms with Gasteiger partial charge in [0.2, 0.25) is 0 Å². The van der Waals surface area contributed by atoms with E-state index < -0.39 is 12.7 Å². The van der Waals surface area contributed by atoms with E-state index in [0.717, 1.165) is 39.4 Å². The van der Waals surface area contributed by atoms with Crippen LogP contribution in [0.5, 0.6) is 0 Å². The lowest BCUT2D eigenvalue weighted by molar-refractivity contribution is -0.143. The maximum absolute atomic E-state index is 12.4. The predicted octanol–water partition coefficient (Wildman–Crippen LogP) is 3.08. The van der Waals surface area contributed by atoms with E-state index in [1.165, 1.54) is 23.1 Å². The molecule has 1 saturated heterocycles. The van der Waals surface area contributed by atoms with Gasteiger partial charge in [0.25, 0.3) is 0 Å². The topological polar surface area (TPSA) is 52.1 Å². The second-order valence-corrected chi connectivity index (χ2v) is 7.49. The first-order chi connectivity index (χ1) is 14.4. The van der Waals surface area contributed by atoms with Gasteiger partial charge in [-0.15, -0.1) is 24.0 Å². The zero-order valence-corrected chi connectivity index (χ0v) is 20.7. The Kier molecular flexibility index (Phi) is 13.4. The fourth-order valence-corrected chi connectivity index (χ4v) is 3.31. The SMILES string of the molecule is CCNC(=NCc1ccccc1CN1CCOCC1)NCCCN(C)CC(F)(F)F.I. The highest BCUT2D eigenvalue weighted by atomic mass is 127.